The van der Waals surface area contributed by atoms with Crippen LogP contribution in [0.2, 0.25) is 5.15 Å². The molecule has 1 heterocycles. The highest BCUT2D eigenvalue weighted by molar-refractivity contribution is 9.10. The molecule has 1 aromatic rings. The molecule has 1 rings (SSSR count). The van der Waals surface area contributed by atoms with Crippen LogP contribution in [0.3, 0.4) is 0 Å². The summed E-state index contributed by atoms with van der Waals surface area (Å²) in [6.45, 7) is -0.505. The van der Waals surface area contributed by atoms with Crippen LogP contribution >= 0.6 is 27.5 Å². The minimum absolute atomic E-state index is 0.000694. The van der Waals surface area contributed by atoms with Crippen molar-refractivity contribution in [2.24, 2.45) is 0 Å². The second-order valence-corrected chi connectivity index (χ2v) is 3.65. The van der Waals surface area contributed by atoms with E-state index in [0.717, 1.165) is 6.33 Å². The molecule has 0 aliphatic rings. The Morgan fingerprint density at radius 3 is 2.67 bits per heavy atom. The number of rotatable bonds is 3. The van der Waals surface area contributed by atoms with Crippen molar-refractivity contribution in [3.05, 3.63) is 16.0 Å². The molecule has 0 atom stereocenters. The molecule has 1 aromatic heterocycles. The van der Waals surface area contributed by atoms with Crippen LogP contribution in [-0.4, -0.2) is 22.8 Å². The number of nitrogens with zero attached hydrogens (tertiary/aromatic N) is 2. The van der Waals surface area contributed by atoms with Gasteiger partial charge in [0.25, 0.3) is 0 Å². The number of halogens is 5. The maximum atomic E-state index is 11.8. The maximum Gasteiger partial charge on any atom is 0.392 e. The first-order valence-electron chi connectivity index (χ1n) is 3.75. The predicted octanol–water partition coefficient (Wildman–Crippen LogP) is 3.22. The zero-order valence-corrected chi connectivity index (χ0v) is 9.53. The molecule has 0 fully saturated rings. The Morgan fingerprint density at radius 2 is 2.07 bits per heavy atom. The van der Waals surface area contributed by atoms with E-state index in [9.17, 15) is 13.2 Å². The zero-order chi connectivity index (χ0) is 11.5. The van der Waals surface area contributed by atoms with E-state index >= 15 is 0 Å². The molecular weight excluding hydrogens is 300 g/mol. The molecule has 0 saturated heterocycles. The Balaban J connectivity index is 2.55. The molecule has 0 N–H and O–H groups in total. The fourth-order valence-corrected chi connectivity index (χ4v) is 1.14. The summed E-state index contributed by atoms with van der Waals surface area (Å²) in [7, 11) is 0. The van der Waals surface area contributed by atoms with E-state index in [-0.39, 0.29) is 15.5 Å². The Labute approximate surface area is 96.7 Å². The van der Waals surface area contributed by atoms with Crippen molar-refractivity contribution in [3.63, 3.8) is 0 Å². The average molecular weight is 305 g/mol. The summed E-state index contributed by atoms with van der Waals surface area (Å²) in [4.78, 5) is 7.23. The number of alkyl halides is 3. The van der Waals surface area contributed by atoms with Gasteiger partial charge in [-0.15, -0.1) is 0 Å². The Hall–Kier alpha value is -0.560. The van der Waals surface area contributed by atoms with Gasteiger partial charge >= 0.3 is 6.18 Å². The molecule has 0 aromatic carbocycles. The van der Waals surface area contributed by atoms with E-state index in [1.807, 2.05) is 0 Å². The molecular formula is C7H5BrClF3N2O. The number of aromatic nitrogens is 2. The van der Waals surface area contributed by atoms with Crippen LogP contribution in [-0.2, 0) is 0 Å². The van der Waals surface area contributed by atoms with Crippen LogP contribution in [0.15, 0.2) is 10.8 Å². The van der Waals surface area contributed by atoms with Crippen LogP contribution in [0.4, 0.5) is 13.2 Å². The first kappa shape index (κ1) is 12.5. The monoisotopic (exact) mass is 304 g/mol. The summed E-state index contributed by atoms with van der Waals surface area (Å²) in [6, 6.07) is 0. The number of hydrogen-bond donors (Lipinski definition) is 0. The van der Waals surface area contributed by atoms with Gasteiger partial charge in [0.2, 0.25) is 5.88 Å². The van der Waals surface area contributed by atoms with Gasteiger partial charge in [-0.05, 0) is 15.9 Å². The van der Waals surface area contributed by atoms with Gasteiger partial charge in [0.15, 0.2) is 5.15 Å². The van der Waals surface area contributed by atoms with E-state index in [0.29, 0.717) is 0 Å². The number of ether oxygens (including phenoxy) is 1. The fraction of sp³-hybridized carbons (Fsp3) is 0.429. The third kappa shape index (κ3) is 4.21. The van der Waals surface area contributed by atoms with Crippen LogP contribution in [0, 0.1) is 0 Å². The summed E-state index contributed by atoms with van der Waals surface area (Å²) >= 11 is 8.58. The van der Waals surface area contributed by atoms with Crippen molar-refractivity contribution in [3.8, 4) is 5.88 Å². The van der Waals surface area contributed by atoms with E-state index in [1.165, 1.54) is 0 Å². The van der Waals surface area contributed by atoms with E-state index in [4.69, 9.17) is 16.3 Å². The van der Waals surface area contributed by atoms with Gasteiger partial charge in [0.05, 0.1) is 13.0 Å². The van der Waals surface area contributed by atoms with Crippen molar-refractivity contribution in [1.29, 1.82) is 0 Å². The van der Waals surface area contributed by atoms with E-state index < -0.39 is 19.2 Å². The molecule has 8 heteroatoms. The highest BCUT2D eigenvalue weighted by atomic mass is 79.9. The highest BCUT2D eigenvalue weighted by Gasteiger charge is 2.27. The smallest absolute Gasteiger partial charge is 0.392 e. The molecule has 0 radical (unpaired) electrons. The van der Waals surface area contributed by atoms with Crippen LogP contribution < -0.4 is 4.74 Å². The normalized spacial score (nSPS) is 11.5. The van der Waals surface area contributed by atoms with Gasteiger partial charge in [0, 0.05) is 0 Å². The molecule has 15 heavy (non-hydrogen) atoms. The SMILES string of the molecule is FC(F)(F)CCOc1ncnc(Cl)c1Br. The Morgan fingerprint density at radius 1 is 1.40 bits per heavy atom. The summed E-state index contributed by atoms with van der Waals surface area (Å²) in [5.74, 6) is -0.000694. The molecule has 0 saturated carbocycles. The van der Waals surface area contributed by atoms with Crippen molar-refractivity contribution in [2.45, 2.75) is 12.6 Å². The van der Waals surface area contributed by atoms with Gasteiger partial charge in [-0.25, -0.2) is 9.97 Å². The first-order chi connectivity index (χ1) is 6.90. The van der Waals surface area contributed by atoms with E-state index in [2.05, 4.69) is 25.9 Å². The lowest BCUT2D eigenvalue weighted by Gasteiger charge is -2.08. The lowest BCUT2D eigenvalue weighted by atomic mass is 10.4. The minimum atomic E-state index is -4.25. The van der Waals surface area contributed by atoms with Gasteiger partial charge in [-0.1, -0.05) is 11.6 Å². The van der Waals surface area contributed by atoms with Crippen LogP contribution in [0.1, 0.15) is 6.42 Å². The molecule has 0 unspecified atom stereocenters. The lowest BCUT2D eigenvalue weighted by Crippen LogP contribution is -2.13. The van der Waals surface area contributed by atoms with Crippen molar-refractivity contribution in [1.82, 2.24) is 9.97 Å². The van der Waals surface area contributed by atoms with Crippen molar-refractivity contribution in [2.75, 3.05) is 6.61 Å². The predicted molar refractivity (Wildman–Crippen MR) is 50.9 cm³/mol. The molecule has 0 amide bonds. The fourth-order valence-electron chi connectivity index (χ4n) is 0.698. The first-order valence-corrected chi connectivity index (χ1v) is 4.93. The zero-order valence-electron chi connectivity index (χ0n) is 7.18. The maximum absolute atomic E-state index is 11.8. The average Bonchev–Trinajstić information content (AvgIpc) is 2.10. The third-order valence-corrected chi connectivity index (χ3v) is 2.57. The Kier molecular flexibility index (Phi) is 4.15. The molecule has 3 nitrogen and oxygen atoms in total. The van der Waals surface area contributed by atoms with Crippen LogP contribution in [0.5, 0.6) is 5.88 Å². The van der Waals surface area contributed by atoms with Gasteiger partial charge in [-0.3, -0.25) is 0 Å². The highest BCUT2D eigenvalue weighted by Crippen LogP contribution is 2.28. The van der Waals surface area contributed by atoms with Crippen molar-refractivity contribution < 1.29 is 17.9 Å². The topological polar surface area (TPSA) is 35.0 Å². The minimum Gasteiger partial charge on any atom is -0.476 e. The van der Waals surface area contributed by atoms with Crippen molar-refractivity contribution >= 4 is 27.5 Å². The second-order valence-electron chi connectivity index (χ2n) is 2.50. The summed E-state index contributed by atoms with van der Waals surface area (Å²) in [5.41, 5.74) is 0. The standard InChI is InChI=1S/C7H5BrClF3N2O/c8-4-5(9)13-3-14-6(4)15-2-1-7(10,11)12/h3H,1-2H2. The summed E-state index contributed by atoms with van der Waals surface area (Å²) in [6.07, 6.45) is -4.18. The largest absolute Gasteiger partial charge is 0.476 e. The summed E-state index contributed by atoms with van der Waals surface area (Å²) in [5, 5.41) is 0.0898. The number of hydrogen-bond acceptors (Lipinski definition) is 3. The van der Waals surface area contributed by atoms with E-state index in [1.54, 1.807) is 0 Å². The third-order valence-electron chi connectivity index (χ3n) is 1.34. The Bertz CT molecular complexity index is 347. The summed E-state index contributed by atoms with van der Waals surface area (Å²) < 4.78 is 40.4. The molecule has 0 aliphatic heterocycles. The molecule has 0 spiro atoms. The van der Waals surface area contributed by atoms with Gasteiger partial charge < -0.3 is 4.74 Å². The molecule has 0 aliphatic carbocycles. The quantitative estimate of drug-likeness (QED) is 0.804. The van der Waals surface area contributed by atoms with Crippen LogP contribution in [0.25, 0.3) is 0 Å². The molecule has 0 bridgehead atoms. The second kappa shape index (κ2) is 4.98. The molecule has 84 valence electrons. The lowest BCUT2D eigenvalue weighted by molar-refractivity contribution is -0.139. The van der Waals surface area contributed by atoms with Gasteiger partial charge in [0.1, 0.15) is 10.8 Å². The van der Waals surface area contributed by atoms with Gasteiger partial charge in [-0.2, -0.15) is 13.2 Å².